The molecule has 1 rings (SSSR count). The van der Waals surface area contributed by atoms with Gasteiger partial charge in [-0.05, 0) is 18.7 Å². The van der Waals surface area contributed by atoms with Crippen LogP contribution in [0.5, 0.6) is 0 Å². The van der Waals surface area contributed by atoms with Gasteiger partial charge in [-0.3, -0.25) is 0 Å². The molecular formula is C12H18ClFN2S. The molecule has 0 fully saturated rings. The molecule has 96 valence electrons. The summed E-state index contributed by atoms with van der Waals surface area (Å²) in [6, 6.07) is 3.24. The predicted octanol–water partition coefficient (Wildman–Crippen LogP) is 3.64. The van der Waals surface area contributed by atoms with Gasteiger partial charge in [0, 0.05) is 24.9 Å². The number of anilines is 2. The third-order valence-electron chi connectivity index (χ3n) is 2.83. The van der Waals surface area contributed by atoms with Crippen LogP contribution in [0.2, 0.25) is 5.02 Å². The van der Waals surface area contributed by atoms with Gasteiger partial charge < -0.3 is 10.6 Å². The molecule has 0 radical (unpaired) electrons. The Balaban J connectivity index is 3.02. The van der Waals surface area contributed by atoms with Gasteiger partial charge >= 0.3 is 0 Å². The van der Waals surface area contributed by atoms with Crippen LogP contribution in [0.15, 0.2) is 12.1 Å². The average Bonchev–Trinajstić information content (AvgIpc) is 2.30. The van der Waals surface area contributed by atoms with Gasteiger partial charge in [0.05, 0.1) is 16.4 Å². The standard InChI is InChI=1S/C12H18ClFN2S/c1-4-8(7-17-3)16(2)12-5-9(13)10(14)6-11(12)15/h5-6,8H,4,7,15H2,1-3H3. The smallest absolute Gasteiger partial charge is 0.143 e. The lowest BCUT2D eigenvalue weighted by atomic mass is 10.1. The monoisotopic (exact) mass is 276 g/mol. The molecule has 0 aromatic heterocycles. The molecule has 17 heavy (non-hydrogen) atoms. The molecular weight excluding hydrogens is 259 g/mol. The van der Waals surface area contributed by atoms with Crippen LogP contribution in [0.1, 0.15) is 13.3 Å². The zero-order valence-electron chi connectivity index (χ0n) is 10.3. The van der Waals surface area contributed by atoms with Crippen molar-refractivity contribution in [2.24, 2.45) is 0 Å². The minimum atomic E-state index is -0.473. The molecule has 0 aliphatic carbocycles. The summed E-state index contributed by atoms with van der Waals surface area (Å²) in [6.07, 6.45) is 3.07. The lowest BCUT2D eigenvalue weighted by Gasteiger charge is -2.30. The fraction of sp³-hybridized carbons (Fsp3) is 0.500. The summed E-state index contributed by atoms with van der Waals surface area (Å²) in [5.74, 6) is 0.528. The Bertz CT molecular complexity index is 387. The van der Waals surface area contributed by atoms with Crippen molar-refractivity contribution in [2.75, 3.05) is 29.7 Å². The van der Waals surface area contributed by atoms with E-state index in [0.717, 1.165) is 17.9 Å². The van der Waals surface area contributed by atoms with E-state index in [0.29, 0.717) is 11.7 Å². The summed E-state index contributed by atoms with van der Waals surface area (Å²) < 4.78 is 13.2. The molecule has 0 bridgehead atoms. The van der Waals surface area contributed by atoms with Crippen LogP contribution in [0, 0.1) is 5.82 Å². The van der Waals surface area contributed by atoms with Gasteiger partial charge in [-0.15, -0.1) is 0 Å². The van der Waals surface area contributed by atoms with Crippen molar-refractivity contribution in [1.82, 2.24) is 0 Å². The van der Waals surface area contributed by atoms with Gasteiger partial charge in [-0.25, -0.2) is 4.39 Å². The van der Waals surface area contributed by atoms with E-state index in [1.54, 1.807) is 17.8 Å². The van der Waals surface area contributed by atoms with E-state index in [1.807, 2.05) is 7.05 Å². The average molecular weight is 277 g/mol. The second kappa shape index (κ2) is 6.36. The van der Waals surface area contributed by atoms with Gasteiger partial charge in [0.1, 0.15) is 5.82 Å². The lowest BCUT2D eigenvalue weighted by Crippen LogP contribution is -2.33. The fourth-order valence-electron chi connectivity index (χ4n) is 1.75. The van der Waals surface area contributed by atoms with Crippen molar-refractivity contribution in [1.29, 1.82) is 0 Å². The quantitative estimate of drug-likeness (QED) is 0.833. The molecule has 0 saturated carbocycles. The number of hydrogen-bond donors (Lipinski definition) is 1. The number of rotatable bonds is 5. The van der Waals surface area contributed by atoms with Crippen LogP contribution >= 0.6 is 23.4 Å². The maximum atomic E-state index is 13.2. The van der Waals surface area contributed by atoms with Crippen LogP contribution in [-0.2, 0) is 0 Å². The van der Waals surface area contributed by atoms with E-state index in [1.165, 1.54) is 6.07 Å². The van der Waals surface area contributed by atoms with Crippen molar-refractivity contribution < 1.29 is 4.39 Å². The highest BCUT2D eigenvalue weighted by atomic mass is 35.5. The van der Waals surface area contributed by atoms with E-state index in [2.05, 4.69) is 18.1 Å². The molecule has 1 atom stereocenters. The molecule has 1 unspecified atom stereocenters. The van der Waals surface area contributed by atoms with E-state index in [9.17, 15) is 4.39 Å². The molecule has 5 heteroatoms. The zero-order chi connectivity index (χ0) is 13.0. The minimum Gasteiger partial charge on any atom is -0.397 e. The highest BCUT2D eigenvalue weighted by molar-refractivity contribution is 7.98. The summed E-state index contributed by atoms with van der Waals surface area (Å²) >= 11 is 7.57. The SMILES string of the molecule is CCC(CSC)N(C)c1cc(Cl)c(F)cc1N. The highest BCUT2D eigenvalue weighted by Gasteiger charge is 2.16. The first-order valence-electron chi connectivity index (χ1n) is 5.47. The van der Waals surface area contributed by atoms with Gasteiger partial charge in [-0.2, -0.15) is 11.8 Å². The first-order valence-corrected chi connectivity index (χ1v) is 7.24. The van der Waals surface area contributed by atoms with Crippen molar-refractivity contribution in [3.8, 4) is 0 Å². The van der Waals surface area contributed by atoms with Crippen LogP contribution in [-0.4, -0.2) is 25.1 Å². The Morgan fingerprint density at radius 1 is 1.53 bits per heavy atom. The van der Waals surface area contributed by atoms with Crippen LogP contribution in [0.25, 0.3) is 0 Å². The molecule has 2 nitrogen and oxygen atoms in total. The molecule has 0 saturated heterocycles. The molecule has 2 N–H and O–H groups in total. The number of benzene rings is 1. The Morgan fingerprint density at radius 2 is 2.18 bits per heavy atom. The Hall–Kier alpha value is -0.610. The van der Waals surface area contributed by atoms with Gasteiger partial charge in [-0.1, -0.05) is 18.5 Å². The first-order chi connectivity index (χ1) is 8.01. The van der Waals surface area contributed by atoms with Gasteiger partial charge in [0.25, 0.3) is 0 Å². The van der Waals surface area contributed by atoms with Gasteiger partial charge in [0.15, 0.2) is 0 Å². The minimum absolute atomic E-state index is 0.111. The van der Waals surface area contributed by atoms with Crippen molar-refractivity contribution in [3.05, 3.63) is 23.0 Å². The van der Waals surface area contributed by atoms with Crippen LogP contribution in [0.3, 0.4) is 0 Å². The summed E-state index contributed by atoms with van der Waals surface area (Å²) in [4.78, 5) is 2.07. The summed E-state index contributed by atoms with van der Waals surface area (Å²) in [6.45, 7) is 2.12. The third kappa shape index (κ3) is 3.42. The van der Waals surface area contributed by atoms with Crippen molar-refractivity contribution in [3.63, 3.8) is 0 Å². The second-order valence-electron chi connectivity index (χ2n) is 3.95. The molecule has 1 aromatic rings. The summed E-state index contributed by atoms with van der Waals surface area (Å²) in [5, 5.41) is 0.111. The Labute approximate surface area is 111 Å². The number of nitrogens with zero attached hydrogens (tertiary/aromatic N) is 1. The largest absolute Gasteiger partial charge is 0.397 e. The normalized spacial score (nSPS) is 12.5. The molecule has 0 heterocycles. The lowest BCUT2D eigenvalue weighted by molar-refractivity contribution is 0.627. The fourth-order valence-corrected chi connectivity index (χ4v) is 2.75. The Kier molecular flexibility index (Phi) is 5.40. The third-order valence-corrected chi connectivity index (χ3v) is 3.84. The van der Waals surface area contributed by atoms with Crippen LogP contribution in [0.4, 0.5) is 15.8 Å². The Morgan fingerprint density at radius 3 is 2.71 bits per heavy atom. The van der Waals surface area contributed by atoms with E-state index in [4.69, 9.17) is 17.3 Å². The van der Waals surface area contributed by atoms with Crippen molar-refractivity contribution >= 4 is 34.7 Å². The molecule has 0 aliphatic heterocycles. The van der Waals surface area contributed by atoms with Gasteiger partial charge in [0.2, 0.25) is 0 Å². The van der Waals surface area contributed by atoms with E-state index < -0.39 is 5.82 Å². The molecule has 0 spiro atoms. The highest BCUT2D eigenvalue weighted by Crippen LogP contribution is 2.30. The second-order valence-corrected chi connectivity index (χ2v) is 5.27. The maximum absolute atomic E-state index is 13.2. The summed E-state index contributed by atoms with van der Waals surface area (Å²) in [5.41, 5.74) is 7.05. The number of thioether (sulfide) groups is 1. The zero-order valence-corrected chi connectivity index (χ0v) is 11.9. The van der Waals surface area contributed by atoms with E-state index >= 15 is 0 Å². The molecule has 0 aliphatic rings. The number of nitrogen functional groups attached to an aromatic ring is 1. The van der Waals surface area contributed by atoms with Crippen molar-refractivity contribution in [2.45, 2.75) is 19.4 Å². The molecule has 0 amide bonds. The summed E-state index contributed by atoms with van der Waals surface area (Å²) in [7, 11) is 1.96. The number of halogens is 2. The number of nitrogens with two attached hydrogens (primary N) is 1. The predicted molar refractivity (Wildman–Crippen MR) is 76.7 cm³/mol. The first kappa shape index (κ1) is 14.5. The van der Waals surface area contributed by atoms with E-state index in [-0.39, 0.29) is 5.02 Å². The maximum Gasteiger partial charge on any atom is 0.143 e. The number of hydrogen-bond acceptors (Lipinski definition) is 3. The molecule has 1 aromatic carbocycles. The van der Waals surface area contributed by atoms with Crippen LogP contribution < -0.4 is 10.6 Å². The topological polar surface area (TPSA) is 29.3 Å².